The highest BCUT2D eigenvalue weighted by molar-refractivity contribution is 5.97. The normalized spacial score (nSPS) is 15.0. The molecule has 27 heavy (non-hydrogen) atoms. The van der Waals surface area contributed by atoms with Crippen molar-refractivity contribution in [3.8, 4) is 0 Å². The fourth-order valence-electron chi connectivity index (χ4n) is 3.62. The van der Waals surface area contributed by atoms with Crippen LogP contribution in [0.1, 0.15) is 40.2 Å². The number of halogens is 3. The minimum atomic E-state index is -4.40. The van der Waals surface area contributed by atoms with Crippen LogP contribution in [0.15, 0.2) is 40.8 Å². The van der Waals surface area contributed by atoms with Gasteiger partial charge in [0.1, 0.15) is 11.5 Å². The summed E-state index contributed by atoms with van der Waals surface area (Å²) in [5, 5.41) is 0. The number of amides is 1. The minimum absolute atomic E-state index is 0.108. The first-order valence-corrected chi connectivity index (χ1v) is 8.88. The van der Waals surface area contributed by atoms with Gasteiger partial charge in [0.2, 0.25) is 0 Å². The number of hydrogen-bond donors (Lipinski definition) is 0. The minimum Gasteiger partial charge on any atom is -0.460 e. The van der Waals surface area contributed by atoms with E-state index < -0.39 is 11.7 Å². The zero-order valence-corrected chi connectivity index (χ0v) is 14.8. The number of rotatable bonds is 3. The summed E-state index contributed by atoms with van der Waals surface area (Å²) in [6, 6.07) is 8.70. The molecule has 142 valence electrons. The van der Waals surface area contributed by atoms with Gasteiger partial charge in [0.15, 0.2) is 5.58 Å². The second kappa shape index (κ2) is 6.48. The molecule has 7 heteroatoms. The molecule has 0 N–H and O–H groups in total. The number of benzene rings is 1. The van der Waals surface area contributed by atoms with E-state index in [1.165, 1.54) is 6.07 Å². The Morgan fingerprint density at radius 2 is 1.89 bits per heavy atom. The van der Waals surface area contributed by atoms with Crippen LogP contribution in [0.25, 0.3) is 11.1 Å². The highest BCUT2D eigenvalue weighted by Gasteiger charge is 2.31. The molecule has 1 saturated heterocycles. The van der Waals surface area contributed by atoms with E-state index in [-0.39, 0.29) is 12.5 Å². The fraction of sp³-hybridized carbons (Fsp3) is 0.350. The van der Waals surface area contributed by atoms with Gasteiger partial charge < -0.3 is 13.9 Å². The molecule has 0 saturated carbocycles. The predicted molar refractivity (Wildman–Crippen MR) is 94.6 cm³/mol. The van der Waals surface area contributed by atoms with E-state index in [1.807, 2.05) is 6.07 Å². The standard InChI is InChI=1S/C20H19F3N2O2/c1-13-9-16-18(27-13)11-17(19(26)24-7-2-3-8-24)25(16)12-14-5-4-6-15(10-14)20(21,22)23/h4-6,9-11H,2-3,7-8,12H2,1H3. The number of aromatic nitrogens is 1. The summed E-state index contributed by atoms with van der Waals surface area (Å²) in [7, 11) is 0. The van der Waals surface area contributed by atoms with Crippen molar-refractivity contribution in [2.24, 2.45) is 0 Å². The van der Waals surface area contributed by atoms with Gasteiger partial charge in [0.25, 0.3) is 5.91 Å². The van der Waals surface area contributed by atoms with E-state index in [0.717, 1.165) is 25.0 Å². The monoisotopic (exact) mass is 376 g/mol. The zero-order valence-electron chi connectivity index (χ0n) is 14.8. The maximum atomic E-state index is 13.0. The predicted octanol–water partition coefficient (Wildman–Crippen LogP) is 4.85. The Kier molecular flexibility index (Phi) is 4.25. The molecule has 1 aliphatic heterocycles. The van der Waals surface area contributed by atoms with Crippen molar-refractivity contribution in [2.75, 3.05) is 13.1 Å². The van der Waals surface area contributed by atoms with E-state index in [2.05, 4.69) is 0 Å². The molecule has 0 atom stereocenters. The number of carbonyl (C=O) groups is 1. The van der Waals surface area contributed by atoms with E-state index in [9.17, 15) is 18.0 Å². The molecular formula is C20H19F3N2O2. The molecule has 0 aliphatic carbocycles. The highest BCUT2D eigenvalue weighted by Crippen LogP contribution is 2.31. The number of likely N-dealkylation sites (tertiary alicyclic amines) is 1. The van der Waals surface area contributed by atoms with Crippen LogP contribution in [-0.4, -0.2) is 28.5 Å². The average molecular weight is 376 g/mol. The van der Waals surface area contributed by atoms with Crippen LogP contribution >= 0.6 is 0 Å². The van der Waals surface area contributed by atoms with Crippen LogP contribution in [0.4, 0.5) is 13.2 Å². The lowest BCUT2D eigenvalue weighted by Gasteiger charge is -2.17. The molecule has 3 heterocycles. The van der Waals surface area contributed by atoms with Crippen LogP contribution in [0.5, 0.6) is 0 Å². The Morgan fingerprint density at radius 3 is 2.59 bits per heavy atom. The molecule has 0 spiro atoms. The first-order chi connectivity index (χ1) is 12.8. The van der Waals surface area contributed by atoms with E-state index in [1.54, 1.807) is 28.5 Å². The molecule has 2 aromatic heterocycles. The number of fused-ring (bicyclic) bond motifs is 1. The van der Waals surface area contributed by atoms with Gasteiger partial charge in [-0.2, -0.15) is 13.2 Å². The maximum Gasteiger partial charge on any atom is 0.416 e. The van der Waals surface area contributed by atoms with E-state index in [4.69, 9.17) is 4.42 Å². The second-order valence-electron chi connectivity index (χ2n) is 6.92. The van der Waals surface area contributed by atoms with Gasteiger partial charge in [-0.15, -0.1) is 0 Å². The first kappa shape index (κ1) is 17.7. The number of nitrogens with zero attached hydrogens (tertiary/aromatic N) is 2. The van der Waals surface area contributed by atoms with Crippen molar-refractivity contribution in [2.45, 2.75) is 32.5 Å². The number of carbonyl (C=O) groups excluding carboxylic acids is 1. The molecule has 3 aromatic rings. The smallest absolute Gasteiger partial charge is 0.416 e. The number of hydrogen-bond acceptors (Lipinski definition) is 2. The quantitative estimate of drug-likeness (QED) is 0.656. The molecule has 0 radical (unpaired) electrons. The molecule has 0 bridgehead atoms. The molecule has 0 unspecified atom stereocenters. The third-order valence-electron chi connectivity index (χ3n) is 4.92. The van der Waals surface area contributed by atoms with E-state index in [0.29, 0.717) is 41.2 Å². The topological polar surface area (TPSA) is 38.4 Å². The Bertz CT molecular complexity index is 994. The zero-order chi connectivity index (χ0) is 19.2. The van der Waals surface area contributed by atoms with Crippen molar-refractivity contribution < 1.29 is 22.4 Å². The number of alkyl halides is 3. The summed E-state index contributed by atoms with van der Waals surface area (Å²) in [6.07, 6.45) is -2.47. The first-order valence-electron chi connectivity index (χ1n) is 8.88. The Balaban J connectivity index is 1.75. The highest BCUT2D eigenvalue weighted by atomic mass is 19.4. The van der Waals surface area contributed by atoms with Gasteiger partial charge in [-0.05, 0) is 37.5 Å². The van der Waals surface area contributed by atoms with Crippen molar-refractivity contribution in [1.29, 1.82) is 0 Å². The van der Waals surface area contributed by atoms with Gasteiger partial charge in [0, 0.05) is 31.8 Å². The van der Waals surface area contributed by atoms with Crippen molar-refractivity contribution in [3.05, 3.63) is 59.0 Å². The fourth-order valence-corrected chi connectivity index (χ4v) is 3.62. The van der Waals surface area contributed by atoms with Crippen LogP contribution in [-0.2, 0) is 12.7 Å². The van der Waals surface area contributed by atoms with Gasteiger partial charge in [-0.1, -0.05) is 12.1 Å². The molecular weight excluding hydrogens is 357 g/mol. The van der Waals surface area contributed by atoms with Gasteiger partial charge >= 0.3 is 6.18 Å². The van der Waals surface area contributed by atoms with Crippen molar-refractivity contribution in [1.82, 2.24) is 9.47 Å². The molecule has 4 nitrogen and oxygen atoms in total. The Morgan fingerprint density at radius 1 is 1.15 bits per heavy atom. The van der Waals surface area contributed by atoms with Crippen LogP contribution < -0.4 is 0 Å². The molecule has 4 rings (SSSR count). The van der Waals surface area contributed by atoms with Gasteiger partial charge in [0.05, 0.1) is 11.1 Å². The molecule has 1 aliphatic rings. The lowest BCUT2D eigenvalue weighted by Crippen LogP contribution is -2.29. The lowest BCUT2D eigenvalue weighted by molar-refractivity contribution is -0.137. The third-order valence-corrected chi connectivity index (χ3v) is 4.92. The molecule has 1 fully saturated rings. The number of furan rings is 1. The van der Waals surface area contributed by atoms with Crippen LogP contribution in [0, 0.1) is 6.92 Å². The Hall–Kier alpha value is -2.70. The summed E-state index contributed by atoms with van der Waals surface area (Å²) in [5.74, 6) is 0.585. The summed E-state index contributed by atoms with van der Waals surface area (Å²) >= 11 is 0. The average Bonchev–Trinajstić information content (AvgIpc) is 3.32. The van der Waals surface area contributed by atoms with Crippen LogP contribution in [0.2, 0.25) is 0 Å². The maximum absolute atomic E-state index is 13.0. The largest absolute Gasteiger partial charge is 0.460 e. The summed E-state index contributed by atoms with van der Waals surface area (Å²) < 4.78 is 46.5. The van der Waals surface area contributed by atoms with Gasteiger partial charge in [-0.3, -0.25) is 4.79 Å². The third kappa shape index (κ3) is 3.34. The van der Waals surface area contributed by atoms with Crippen molar-refractivity contribution in [3.63, 3.8) is 0 Å². The van der Waals surface area contributed by atoms with E-state index >= 15 is 0 Å². The van der Waals surface area contributed by atoms with Crippen LogP contribution in [0.3, 0.4) is 0 Å². The summed E-state index contributed by atoms with van der Waals surface area (Å²) in [6.45, 7) is 3.37. The van der Waals surface area contributed by atoms with Gasteiger partial charge in [-0.25, -0.2) is 0 Å². The SMILES string of the molecule is Cc1cc2c(cc(C(=O)N3CCCC3)n2Cc2cccc(C(F)(F)F)c2)o1. The summed E-state index contributed by atoms with van der Waals surface area (Å²) in [4.78, 5) is 14.7. The summed E-state index contributed by atoms with van der Waals surface area (Å²) in [5.41, 5.74) is 1.52. The number of aryl methyl sites for hydroxylation is 1. The molecule has 1 amide bonds. The Labute approximate surface area is 154 Å². The van der Waals surface area contributed by atoms with Crippen molar-refractivity contribution >= 4 is 17.0 Å². The second-order valence-corrected chi connectivity index (χ2v) is 6.92. The molecule has 1 aromatic carbocycles. The lowest BCUT2D eigenvalue weighted by atomic mass is 10.1.